The molecule has 6 nitrogen and oxygen atoms in total. The van der Waals surface area contributed by atoms with Crippen LogP contribution in [0.1, 0.15) is 29.9 Å². The number of carbonyl (C=O) groups is 1. The van der Waals surface area contributed by atoms with Gasteiger partial charge in [0.2, 0.25) is 10.0 Å². The first kappa shape index (κ1) is 20.6. The molecule has 148 valence electrons. The Morgan fingerprint density at radius 1 is 1.14 bits per heavy atom. The number of fused-ring (bicyclic) bond motifs is 1. The molecular weight excluding hydrogens is 394 g/mol. The van der Waals surface area contributed by atoms with E-state index in [1.54, 1.807) is 26.0 Å². The summed E-state index contributed by atoms with van der Waals surface area (Å²) >= 11 is 1.30. The molecule has 2 aromatic heterocycles. The van der Waals surface area contributed by atoms with Crippen molar-refractivity contribution in [3.8, 4) is 0 Å². The summed E-state index contributed by atoms with van der Waals surface area (Å²) in [5.41, 5.74) is 2.49. The molecule has 0 amide bonds. The summed E-state index contributed by atoms with van der Waals surface area (Å²) in [6.45, 7) is 6.32. The van der Waals surface area contributed by atoms with Crippen molar-refractivity contribution in [1.82, 2.24) is 14.3 Å². The Balaban J connectivity index is 1.73. The number of aromatic amines is 1. The molecule has 0 saturated heterocycles. The van der Waals surface area contributed by atoms with Gasteiger partial charge in [0.25, 0.3) is 0 Å². The summed E-state index contributed by atoms with van der Waals surface area (Å²) in [6, 6.07) is 10.9. The van der Waals surface area contributed by atoms with Crippen LogP contribution in [0.15, 0.2) is 52.5 Å². The quantitative estimate of drug-likeness (QED) is 0.444. The number of para-hydroxylation sites is 1. The largest absolute Gasteiger partial charge is 0.358 e. The number of nitrogens with zero attached hydrogens (tertiary/aromatic N) is 2. The second kappa shape index (κ2) is 8.46. The number of hydrogen-bond donors (Lipinski definition) is 1. The maximum Gasteiger partial charge on any atom is 0.244 e. The zero-order valence-electron chi connectivity index (χ0n) is 16.1. The van der Waals surface area contributed by atoms with Crippen molar-refractivity contribution in [2.75, 3.05) is 18.8 Å². The van der Waals surface area contributed by atoms with Gasteiger partial charge in [-0.3, -0.25) is 4.79 Å². The standard InChI is InChI=1S/C20H23N3O3S2/c1-4-23(5-2)28(25,26)15-10-11-19(21-12-15)27-13-18(24)20-14(3)22-17-9-7-6-8-16(17)20/h6-12,22H,4-5,13H2,1-3H3. The number of nitrogens with one attached hydrogen (secondary N) is 1. The number of carbonyl (C=O) groups excluding carboxylic acids is 1. The first-order chi connectivity index (χ1) is 13.4. The van der Waals surface area contributed by atoms with Gasteiger partial charge >= 0.3 is 0 Å². The number of aromatic nitrogens is 2. The molecule has 8 heteroatoms. The van der Waals surface area contributed by atoms with E-state index in [-0.39, 0.29) is 16.4 Å². The SMILES string of the molecule is CCN(CC)S(=O)(=O)c1ccc(SCC(=O)c2c(C)[nH]c3ccccc23)nc1. The average Bonchev–Trinajstić information content (AvgIpc) is 3.03. The zero-order valence-corrected chi connectivity index (χ0v) is 17.7. The van der Waals surface area contributed by atoms with Crippen LogP contribution in [-0.2, 0) is 10.0 Å². The van der Waals surface area contributed by atoms with Crippen LogP contribution in [0, 0.1) is 6.92 Å². The van der Waals surface area contributed by atoms with E-state index in [4.69, 9.17) is 0 Å². The number of Topliss-reactive ketones (excluding diaryl/α,β-unsaturated/α-hetero) is 1. The lowest BCUT2D eigenvalue weighted by Gasteiger charge is -2.18. The van der Waals surface area contributed by atoms with Crippen LogP contribution in [-0.4, -0.2) is 47.3 Å². The molecule has 0 fully saturated rings. The number of hydrogen-bond acceptors (Lipinski definition) is 5. The third-order valence-corrected chi connectivity index (χ3v) is 7.55. The minimum atomic E-state index is -3.52. The van der Waals surface area contributed by atoms with E-state index in [1.165, 1.54) is 22.3 Å². The molecule has 28 heavy (non-hydrogen) atoms. The minimum absolute atomic E-state index is 0.0154. The summed E-state index contributed by atoms with van der Waals surface area (Å²) in [7, 11) is -3.52. The van der Waals surface area contributed by atoms with Crippen molar-refractivity contribution in [3.05, 3.63) is 53.9 Å². The van der Waals surface area contributed by atoms with Crippen LogP contribution >= 0.6 is 11.8 Å². The fourth-order valence-electron chi connectivity index (χ4n) is 3.16. The van der Waals surface area contributed by atoms with E-state index in [0.717, 1.165) is 16.6 Å². The van der Waals surface area contributed by atoms with Gasteiger partial charge in [0.05, 0.1) is 10.8 Å². The normalized spacial score (nSPS) is 12.0. The van der Waals surface area contributed by atoms with Crippen LogP contribution in [0.4, 0.5) is 0 Å². The number of thioether (sulfide) groups is 1. The molecule has 1 aromatic carbocycles. The number of rotatable bonds is 8. The molecule has 0 aliphatic heterocycles. The highest BCUT2D eigenvalue weighted by Gasteiger charge is 2.22. The van der Waals surface area contributed by atoms with Gasteiger partial charge in [0.1, 0.15) is 4.90 Å². The van der Waals surface area contributed by atoms with E-state index in [1.807, 2.05) is 31.2 Å². The molecule has 0 aliphatic carbocycles. The first-order valence-electron chi connectivity index (χ1n) is 9.08. The molecule has 0 bridgehead atoms. The summed E-state index contributed by atoms with van der Waals surface area (Å²) in [5, 5.41) is 1.53. The number of benzene rings is 1. The van der Waals surface area contributed by atoms with Crippen LogP contribution < -0.4 is 0 Å². The maximum atomic E-state index is 12.7. The lowest BCUT2D eigenvalue weighted by molar-refractivity contribution is 0.102. The Bertz CT molecular complexity index is 1090. The second-order valence-corrected chi connectivity index (χ2v) is 9.24. The lowest BCUT2D eigenvalue weighted by atomic mass is 10.1. The molecule has 0 atom stereocenters. The Morgan fingerprint density at radius 2 is 1.86 bits per heavy atom. The van der Waals surface area contributed by atoms with Gasteiger partial charge in [0.15, 0.2) is 5.78 Å². The predicted octanol–water partition coefficient (Wildman–Crippen LogP) is 3.88. The molecule has 0 saturated carbocycles. The van der Waals surface area contributed by atoms with Crippen LogP contribution in [0.5, 0.6) is 0 Å². The van der Waals surface area contributed by atoms with Gasteiger partial charge in [-0.2, -0.15) is 4.31 Å². The van der Waals surface area contributed by atoms with Gasteiger partial charge in [-0.25, -0.2) is 13.4 Å². The van der Waals surface area contributed by atoms with Gasteiger partial charge in [0, 0.05) is 41.4 Å². The van der Waals surface area contributed by atoms with Crippen molar-refractivity contribution in [1.29, 1.82) is 0 Å². The number of sulfonamides is 1. The van der Waals surface area contributed by atoms with E-state index < -0.39 is 10.0 Å². The van der Waals surface area contributed by atoms with Gasteiger partial charge in [-0.15, -0.1) is 0 Å². The van der Waals surface area contributed by atoms with E-state index in [2.05, 4.69) is 9.97 Å². The Kier molecular flexibility index (Phi) is 6.22. The highest BCUT2D eigenvalue weighted by molar-refractivity contribution is 7.99. The molecule has 1 N–H and O–H groups in total. The van der Waals surface area contributed by atoms with Crippen molar-refractivity contribution in [3.63, 3.8) is 0 Å². The first-order valence-corrected chi connectivity index (χ1v) is 11.5. The van der Waals surface area contributed by atoms with Crippen molar-refractivity contribution >= 4 is 38.5 Å². The molecule has 0 spiro atoms. The topological polar surface area (TPSA) is 83.1 Å². The summed E-state index contributed by atoms with van der Waals surface area (Å²) in [5.74, 6) is 0.249. The van der Waals surface area contributed by atoms with Crippen LogP contribution in [0.25, 0.3) is 10.9 Å². The Labute approximate surface area is 169 Å². The predicted molar refractivity (Wildman–Crippen MR) is 112 cm³/mol. The van der Waals surface area contributed by atoms with Crippen LogP contribution in [0.2, 0.25) is 0 Å². The fourth-order valence-corrected chi connectivity index (χ4v) is 5.28. The Morgan fingerprint density at radius 3 is 2.50 bits per heavy atom. The van der Waals surface area contributed by atoms with Crippen molar-refractivity contribution < 1.29 is 13.2 Å². The Hall–Kier alpha value is -2.16. The van der Waals surface area contributed by atoms with Gasteiger partial charge in [-0.1, -0.05) is 43.8 Å². The zero-order chi connectivity index (χ0) is 20.3. The van der Waals surface area contributed by atoms with Crippen molar-refractivity contribution in [2.24, 2.45) is 0 Å². The van der Waals surface area contributed by atoms with E-state index in [9.17, 15) is 13.2 Å². The summed E-state index contributed by atoms with van der Waals surface area (Å²) < 4.78 is 26.4. The van der Waals surface area contributed by atoms with Crippen LogP contribution in [0.3, 0.4) is 0 Å². The monoisotopic (exact) mass is 417 g/mol. The molecule has 0 aliphatic rings. The molecule has 2 heterocycles. The highest BCUT2D eigenvalue weighted by Crippen LogP contribution is 2.25. The second-order valence-electron chi connectivity index (χ2n) is 6.30. The summed E-state index contributed by atoms with van der Waals surface area (Å²) in [6.07, 6.45) is 1.36. The van der Waals surface area contributed by atoms with E-state index >= 15 is 0 Å². The molecule has 0 radical (unpaired) electrons. The maximum absolute atomic E-state index is 12.7. The van der Waals surface area contributed by atoms with Crippen molar-refractivity contribution in [2.45, 2.75) is 30.7 Å². The summed E-state index contributed by atoms with van der Waals surface area (Å²) in [4.78, 5) is 20.4. The fraction of sp³-hybridized carbons (Fsp3) is 0.300. The average molecular weight is 418 g/mol. The highest BCUT2D eigenvalue weighted by atomic mass is 32.2. The molecule has 3 aromatic rings. The smallest absolute Gasteiger partial charge is 0.244 e. The number of pyridine rings is 1. The number of H-pyrrole nitrogens is 1. The molecule has 0 unspecified atom stereocenters. The lowest BCUT2D eigenvalue weighted by Crippen LogP contribution is -2.30. The van der Waals surface area contributed by atoms with E-state index in [0.29, 0.717) is 23.7 Å². The van der Waals surface area contributed by atoms with Gasteiger partial charge < -0.3 is 4.98 Å². The molecule has 3 rings (SSSR count). The number of ketones is 1. The number of aryl methyl sites for hydroxylation is 1. The third kappa shape index (κ3) is 3.99. The minimum Gasteiger partial charge on any atom is -0.358 e. The molecular formula is C20H23N3O3S2. The third-order valence-electron chi connectivity index (χ3n) is 4.58. The van der Waals surface area contributed by atoms with Gasteiger partial charge in [-0.05, 0) is 25.1 Å².